The van der Waals surface area contributed by atoms with Crippen LogP contribution in [-0.2, 0) is 14.3 Å². The molecule has 1 aliphatic rings. The molecule has 0 aliphatic carbocycles. The number of hydrogen-bond acceptors (Lipinski definition) is 6. The van der Waals surface area contributed by atoms with E-state index in [1.807, 2.05) is 0 Å². The van der Waals surface area contributed by atoms with Gasteiger partial charge >= 0.3 is 11.9 Å². The summed E-state index contributed by atoms with van der Waals surface area (Å²) in [6, 6.07) is 3.04. The zero-order chi connectivity index (χ0) is 15.4. The molecule has 1 fully saturated rings. The fourth-order valence-corrected chi connectivity index (χ4v) is 3.99. The van der Waals surface area contributed by atoms with E-state index in [0.29, 0.717) is 11.3 Å². The molecule has 0 amide bonds. The molecule has 1 unspecified atom stereocenters. The van der Waals surface area contributed by atoms with Crippen LogP contribution >= 0.6 is 43.2 Å². The standard InChI is InChI=1S/C13H13Br2NO4S/c14-7(12(18)9-3-4-10(15)21-9)6-11(17)20-13(19)8-2-1-5-16-8/h3-4,7-8,16H,1-2,5-6H2/t7?,8-/m0/s1. The molecule has 21 heavy (non-hydrogen) atoms. The third-order valence-electron chi connectivity index (χ3n) is 3.01. The average molecular weight is 439 g/mol. The van der Waals surface area contributed by atoms with Crippen molar-refractivity contribution in [3.05, 3.63) is 20.8 Å². The van der Waals surface area contributed by atoms with E-state index in [9.17, 15) is 14.4 Å². The van der Waals surface area contributed by atoms with Crippen LogP contribution in [0.15, 0.2) is 15.9 Å². The van der Waals surface area contributed by atoms with Crippen LogP contribution in [0.25, 0.3) is 0 Å². The van der Waals surface area contributed by atoms with Gasteiger partial charge < -0.3 is 10.1 Å². The maximum absolute atomic E-state index is 12.1. The summed E-state index contributed by atoms with van der Waals surface area (Å²) in [5.41, 5.74) is 0. The van der Waals surface area contributed by atoms with Gasteiger partial charge in [0.25, 0.3) is 0 Å². The first-order valence-corrected chi connectivity index (χ1v) is 8.91. The molecule has 114 valence electrons. The van der Waals surface area contributed by atoms with Crippen LogP contribution in [0.1, 0.15) is 28.9 Å². The van der Waals surface area contributed by atoms with Gasteiger partial charge in [-0.25, -0.2) is 4.79 Å². The molecule has 0 radical (unpaired) electrons. The topological polar surface area (TPSA) is 72.5 Å². The van der Waals surface area contributed by atoms with Crippen molar-refractivity contribution < 1.29 is 19.1 Å². The molecule has 8 heteroatoms. The van der Waals surface area contributed by atoms with Crippen LogP contribution in [0.5, 0.6) is 0 Å². The maximum atomic E-state index is 12.1. The van der Waals surface area contributed by atoms with Crippen LogP contribution in [0.3, 0.4) is 0 Å². The molecule has 2 rings (SSSR count). The molecule has 1 aliphatic heterocycles. The first-order chi connectivity index (χ1) is 9.97. The fourth-order valence-electron chi connectivity index (χ4n) is 1.95. The molecule has 2 atom stereocenters. The molecule has 1 saturated heterocycles. The lowest BCUT2D eigenvalue weighted by molar-refractivity contribution is -0.160. The van der Waals surface area contributed by atoms with Gasteiger partial charge in [0.1, 0.15) is 6.04 Å². The van der Waals surface area contributed by atoms with Gasteiger partial charge in [-0.1, -0.05) is 15.9 Å². The number of ketones is 1. The summed E-state index contributed by atoms with van der Waals surface area (Å²) >= 11 is 7.75. The van der Waals surface area contributed by atoms with Crippen LogP contribution in [-0.4, -0.2) is 35.1 Å². The molecule has 1 N–H and O–H groups in total. The van der Waals surface area contributed by atoms with Crippen molar-refractivity contribution in [3.8, 4) is 0 Å². The molecular weight excluding hydrogens is 426 g/mol. The van der Waals surface area contributed by atoms with Gasteiger partial charge in [-0.3, -0.25) is 9.59 Å². The highest BCUT2D eigenvalue weighted by molar-refractivity contribution is 9.11. The summed E-state index contributed by atoms with van der Waals surface area (Å²) in [7, 11) is 0. The van der Waals surface area contributed by atoms with Crippen molar-refractivity contribution in [3.63, 3.8) is 0 Å². The van der Waals surface area contributed by atoms with Crippen molar-refractivity contribution in [2.45, 2.75) is 30.1 Å². The number of thiophene rings is 1. The monoisotopic (exact) mass is 437 g/mol. The number of carbonyl (C=O) groups excluding carboxylic acids is 3. The minimum atomic E-state index is -0.695. The highest BCUT2D eigenvalue weighted by Crippen LogP contribution is 2.25. The third kappa shape index (κ3) is 4.70. The Morgan fingerprint density at radius 3 is 2.76 bits per heavy atom. The van der Waals surface area contributed by atoms with Crippen LogP contribution in [0, 0.1) is 0 Å². The normalized spacial score (nSPS) is 19.2. The van der Waals surface area contributed by atoms with Crippen molar-refractivity contribution >= 4 is 60.9 Å². The summed E-state index contributed by atoms with van der Waals surface area (Å²) in [6.07, 6.45) is 1.39. The first kappa shape index (κ1) is 16.8. The van der Waals surface area contributed by atoms with E-state index >= 15 is 0 Å². The number of hydrogen-bond donors (Lipinski definition) is 1. The van der Waals surface area contributed by atoms with Gasteiger partial charge in [0.15, 0.2) is 5.78 Å². The molecule has 0 spiro atoms. The lowest BCUT2D eigenvalue weighted by Crippen LogP contribution is -2.34. The van der Waals surface area contributed by atoms with E-state index in [0.717, 1.165) is 16.8 Å². The highest BCUT2D eigenvalue weighted by Gasteiger charge is 2.28. The van der Waals surface area contributed by atoms with Crippen molar-refractivity contribution in [1.82, 2.24) is 5.32 Å². The lowest BCUT2D eigenvalue weighted by Gasteiger charge is -2.10. The molecule has 1 aromatic heterocycles. The first-order valence-electron chi connectivity index (χ1n) is 6.39. The average Bonchev–Trinajstić information content (AvgIpc) is 3.08. The molecule has 5 nitrogen and oxygen atoms in total. The van der Waals surface area contributed by atoms with Crippen molar-refractivity contribution in [2.24, 2.45) is 0 Å². The Labute approximate surface area is 142 Å². The summed E-state index contributed by atoms with van der Waals surface area (Å²) in [6.45, 7) is 0.751. The summed E-state index contributed by atoms with van der Waals surface area (Å²) in [5.74, 6) is -1.46. The number of esters is 2. The lowest BCUT2D eigenvalue weighted by atomic mass is 10.2. The second-order valence-electron chi connectivity index (χ2n) is 4.58. The smallest absolute Gasteiger partial charge is 0.330 e. The predicted octanol–water partition coefficient (Wildman–Crippen LogP) is 2.67. The second kappa shape index (κ2) is 7.62. The van der Waals surface area contributed by atoms with E-state index in [4.69, 9.17) is 4.74 Å². The molecule has 0 bridgehead atoms. The second-order valence-corrected chi connectivity index (χ2v) is 8.15. The maximum Gasteiger partial charge on any atom is 0.330 e. The van der Waals surface area contributed by atoms with Gasteiger partial charge in [-0.05, 0) is 47.4 Å². The summed E-state index contributed by atoms with van der Waals surface area (Å²) < 4.78 is 5.61. The van der Waals surface area contributed by atoms with E-state index in [2.05, 4.69) is 37.2 Å². The van der Waals surface area contributed by atoms with E-state index in [-0.39, 0.29) is 12.2 Å². The van der Waals surface area contributed by atoms with Crippen molar-refractivity contribution in [1.29, 1.82) is 0 Å². The molecule has 0 saturated carbocycles. The number of carbonyl (C=O) groups is 3. The Kier molecular flexibility index (Phi) is 6.09. The van der Waals surface area contributed by atoms with Gasteiger partial charge in [0.2, 0.25) is 0 Å². The van der Waals surface area contributed by atoms with E-state index < -0.39 is 22.8 Å². The zero-order valence-electron chi connectivity index (χ0n) is 10.9. The number of rotatable bonds is 5. The van der Waals surface area contributed by atoms with Gasteiger partial charge in [-0.2, -0.15) is 0 Å². The minimum Gasteiger partial charge on any atom is -0.392 e. The Balaban J connectivity index is 1.84. The zero-order valence-corrected chi connectivity index (χ0v) is 14.9. The number of nitrogens with one attached hydrogen (secondary N) is 1. The quantitative estimate of drug-likeness (QED) is 0.331. The van der Waals surface area contributed by atoms with Crippen LogP contribution < -0.4 is 5.32 Å². The number of Topliss-reactive ketones (excluding diaryl/α,β-unsaturated/α-hetero) is 1. The van der Waals surface area contributed by atoms with Crippen LogP contribution in [0.4, 0.5) is 0 Å². The predicted molar refractivity (Wildman–Crippen MR) is 85.8 cm³/mol. The Hall–Kier alpha value is -0.570. The van der Waals surface area contributed by atoms with Gasteiger partial charge in [-0.15, -0.1) is 11.3 Å². The Morgan fingerprint density at radius 2 is 2.19 bits per heavy atom. The van der Waals surface area contributed by atoms with Crippen molar-refractivity contribution in [2.75, 3.05) is 6.54 Å². The van der Waals surface area contributed by atoms with Gasteiger partial charge in [0, 0.05) is 0 Å². The summed E-state index contributed by atoms with van der Waals surface area (Å²) in [5, 5.41) is 2.96. The largest absolute Gasteiger partial charge is 0.392 e. The Morgan fingerprint density at radius 1 is 1.43 bits per heavy atom. The molecule has 1 aromatic rings. The minimum absolute atomic E-state index is 0.174. The summed E-state index contributed by atoms with van der Waals surface area (Å²) in [4.78, 5) is 35.3. The third-order valence-corrected chi connectivity index (χ3v) is 5.38. The molecular formula is C13H13Br2NO4S. The highest BCUT2D eigenvalue weighted by atomic mass is 79.9. The number of ether oxygens (including phenoxy) is 1. The van der Waals surface area contributed by atoms with Gasteiger partial charge in [0.05, 0.1) is 19.9 Å². The number of alkyl halides is 1. The fraction of sp³-hybridized carbons (Fsp3) is 0.462. The number of halogens is 2. The molecule has 0 aromatic carbocycles. The molecule has 2 heterocycles. The SMILES string of the molecule is O=C(CC(Br)C(=O)c1ccc(Br)s1)OC(=O)[C@@H]1CCCN1. The Bertz CT molecular complexity index is 554. The van der Waals surface area contributed by atoms with E-state index in [1.54, 1.807) is 12.1 Å². The van der Waals surface area contributed by atoms with Crippen LogP contribution in [0.2, 0.25) is 0 Å². The van der Waals surface area contributed by atoms with E-state index in [1.165, 1.54) is 11.3 Å².